The van der Waals surface area contributed by atoms with Gasteiger partial charge in [0.2, 0.25) is 5.91 Å². The van der Waals surface area contributed by atoms with Gasteiger partial charge >= 0.3 is 0 Å². The number of aromatic nitrogens is 2. The van der Waals surface area contributed by atoms with Gasteiger partial charge in [-0.15, -0.1) is 0 Å². The van der Waals surface area contributed by atoms with Gasteiger partial charge in [-0.1, -0.05) is 25.0 Å². The lowest BCUT2D eigenvalue weighted by Crippen LogP contribution is -2.55. The van der Waals surface area contributed by atoms with Crippen LogP contribution in [-0.4, -0.2) is 40.5 Å². The van der Waals surface area contributed by atoms with Crippen molar-refractivity contribution in [3.05, 3.63) is 59.5 Å². The number of fused-ring (bicyclic) bond motifs is 2. The highest BCUT2D eigenvalue weighted by molar-refractivity contribution is 6.01. The third-order valence-electron chi connectivity index (χ3n) is 6.50. The van der Waals surface area contributed by atoms with Crippen LogP contribution in [0.4, 0.5) is 0 Å². The first-order valence-electron chi connectivity index (χ1n) is 11.1. The molecule has 2 unspecified atom stereocenters. The second-order valence-electron chi connectivity index (χ2n) is 8.96. The van der Waals surface area contributed by atoms with Gasteiger partial charge in [-0.25, -0.2) is 0 Å². The summed E-state index contributed by atoms with van der Waals surface area (Å²) in [5, 5.41) is 16.5. The minimum atomic E-state index is -1.05. The van der Waals surface area contributed by atoms with Gasteiger partial charge in [0, 0.05) is 35.6 Å². The van der Waals surface area contributed by atoms with Crippen molar-refractivity contribution in [2.24, 2.45) is 5.92 Å². The summed E-state index contributed by atoms with van der Waals surface area (Å²) in [5.41, 5.74) is 1.88. The van der Waals surface area contributed by atoms with E-state index in [4.69, 9.17) is 4.74 Å². The number of aromatic amines is 1. The van der Waals surface area contributed by atoms with Gasteiger partial charge in [0.25, 0.3) is 5.91 Å². The van der Waals surface area contributed by atoms with E-state index in [9.17, 15) is 14.9 Å². The zero-order valence-electron chi connectivity index (χ0n) is 18.4. The normalized spacial score (nSPS) is 20.0. The van der Waals surface area contributed by atoms with E-state index in [2.05, 4.69) is 26.7 Å². The van der Waals surface area contributed by atoms with E-state index in [-0.39, 0.29) is 11.8 Å². The third-order valence-corrected chi connectivity index (χ3v) is 6.50. The summed E-state index contributed by atoms with van der Waals surface area (Å²) in [5.74, 6) is 0.375. The lowest BCUT2D eigenvalue weighted by atomic mass is 9.96. The molecule has 0 saturated heterocycles. The number of H-pyrrole nitrogens is 1. The number of hydrogen-bond acceptors (Lipinski definition) is 5. The summed E-state index contributed by atoms with van der Waals surface area (Å²) in [6.07, 6.45) is 5.10. The highest BCUT2D eigenvalue weighted by atomic mass is 16.5. The highest BCUT2D eigenvalue weighted by Gasteiger charge is 2.42. The van der Waals surface area contributed by atoms with Crippen molar-refractivity contribution < 1.29 is 14.3 Å². The molecule has 8 nitrogen and oxygen atoms in total. The molecule has 2 atom stereocenters. The molecule has 0 aliphatic heterocycles. The summed E-state index contributed by atoms with van der Waals surface area (Å²) in [6.45, 7) is 0. The second kappa shape index (κ2) is 8.24. The molecule has 1 saturated carbocycles. The lowest BCUT2D eigenvalue weighted by molar-refractivity contribution is -0.124. The summed E-state index contributed by atoms with van der Waals surface area (Å²) in [7, 11) is 1.58. The molecule has 8 heteroatoms. The van der Waals surface area contributed by atoms with Gasteiger partial charge in [-0.05, 0) is 42.2 Å². The van der Waals surface area contributed by atoms with Gasteiger partial charge in [0.15, 0.2) is 0 Å². The molecule has 3 N–H and O–H groups in total. The van der Waals surface area contributed by atoms with Crippen molar-refractivity contribution in [1.82, 2.24) is 20.6 Å². The van der Waals surface area contributed by atoms with Crippen molar-refractivity contribution in [3.63, 3.8) is 0 Å². The number of carbonyl (C=O) groups excluding carboxylic acids is 2. The van der Waals surface area contributed by atoms with Crippen molar-refractivity contribution in [2.45, 2.75) is 43.7 Å². The van der Waals surface area contributed by atoms with Crippen LogP contribution in [0.25, 0.3) is 10.9 Å². The molecule has 2 aliphatic carbocycles. The SMILES string of the molecule is COc1cccc2[nH]c(C(=O)NC(CC3CC3)C(=O)NC3(C#N)Cc4cccnc4C3)cc12. The van der Waals surface area contributed by atoms with E-state index in [0.717, 1.165) is 35.0 Å². The quantitative estimate of drug-likeness (QED) is 0.519. The maximum absolute atomic E-state index is 13.3. The average Bonchev–Trinajstić information content (AvgIpc) is 3.40. The van der Waals surface area contributed by atoms with Crippen molar-refractivity contribution in [2.75, 3.05) is 7.11 Å². The first-order valence-corrected chi connectivity index (χ1v) is 11.1. The van der Waals surface area contributed by atoms with Crippen molar-refractivity contribution in [1.29, 1.82) is 5.26 Å². The van der Waals surface area contributed by atoms with Gasteiger partial charge in [-0.2, -0.15) is 5.26 Å². The van der Waals surface area contributed by atoms with E-state index in [1.807, 2.05) is 30.3 Å². The average molecular weight is 444 g/mol. The molecule has 1 aromatic carbocycles. The van der Waals surface area contributed by atoms with E-state index in [1.165, 1.54) is 0 Å². The van der Waals surface area contributed by atoms with Crippen LogP contribution in [0.3, 0.4) is 0 Å². The largest absolute Gasteiger partial charge is 0.496 e. The number of methoxy groups -OCH3 is 1. The molecule has 0 radical (unpaired) electrons. The Morgan fingerprint density at radius 1 is 1.30 bits per heavy atom. The number of hydrogen-bond donors (Lipinski definition) is 3. The molecular formula is C25H25N5O3. The fourth-order valence-electron chi connectivity index (χ4n) is 4.57. The smallest absolute Gasteiger partial charge is 0.268 e. The zero-order valence-corrected chi connectivity index (χ0v) is 18.4. The number of amides is 2. The Labute approximate surface area is 191 Å². The molecule has 5 rings (SSSR count). The van der Waals surface area contributed by atoms with Crippen LogP contribution in [0.15, 0.2) is 42.6 Å². The molecule has 1 fully saturated rings. The van der Waals surface area contributed by atoms with E-state index >= 15 is 0 Å². The Morgan fingerprint density at radius 2 is 2.15 bits per heavy atom. The minimum absolute atomic E-state index is 0.335. The Kier molecular flexibility index (Phi) is 5.25. The number of carbonyl (C=O) groups is 2. The van der Waals surface area contributed by atoms with E-state index in [0.29, 0.717) is 36.6 Å². The fraction of sp³-hybridized carbons (Fsp3) is 0.360. The number of pyridine rings is 1. The molecule has 168 valence electrons. The minimum Gasteiger partial charge on any atom is -0.496 e. The first-order chi connectivity index (χ1) is 16.0. The molecule has 2 aromatic heterocycles. The van der Waals surface area contributed by atoms with Gasteiger partial charge in [-0.3, -0.25) is 14.6 Å². The Morgan fingerprint density at radius 3 is 2.88 bits per heavy atom. The summed E-state index contributed by atoms with van der Waals surface area (Å²) in [6, 6.07) is 12.6. The standard InChI is InChI=1S/C25H25N5O3/c1-33-22-6-2-5-18-17(22)11-20(28-18)23(31)29-19(10-15-7-8-15)24(32)30-25(14-26)12-16-4-3-9-27-21(16)13-25/h2-6,9,11,15,19,28H,7-8,10,12-13H2,1H3,(H,29,31)(H,30,32). The highest BCUT2D eigenvalue weighted by Crippen LogP contribution is 2.34. The van der Waals surface area contributed by atoms with Crippen molar-refractivity contribution in [3.8, 4) is 11.8 Å². The number of nitrogens with one attached hydrogen (secondary N) is 3. The maximum Gasteiger partial charge on any atom is 0.268 e. The second-order valence-corrected chi connectivity index (χ2v) is 8.96. The number of ether oxygens (including phenoxy) is 1. The monoisotopic (exact) mass is 443 g/mol. The van der Waals surface area contributed by atoms with Crippen LogP contribution < -0.4 is 15.4 Å². The summed E-state index contributed by atoms with van der Waals surface area (Å²) < 4.78 is 5.37. The molecule has 3 aromatic rings. The Balaban J connectivity index is 1.34. The fourth-order valence-corrected chi connectivity index (χ4v) is 4.57. The third kappa shape index (κ3) is 4.14. The Hall–Kier alpha value is -3.86. The number of nitriles is 1. The molecule has 2 aliphatic rings. The van der Waals surface area contributed by atoms with Gasteiger partial charge in [0.1, 0.15) is 23.0 Å². The topological polar surface area (TPSA) is 120 Å². The van der Waals surface area contributed by atoms with E-state index < -0.39 is 11.6 Å². The predicted octanol–water partition coefficient (Wildman–Crippen LogP) is 2.65. The van der Waals surface area contributed by atoms with Crippen LogP contribution in [-0.2, 0) is 17.6 Å². The molecule has 33 heavy (non-hydrogen) atoms. The van der Waals surface area contributed by atoms with Crippen LogP contribution in [0.1, 0.15) is 41.0 Å². The maximum atomic E-state index is 13.3. The zero-order chi connectivity index (χ0) is 23.0. The van der Waals surface area contributed by atoms with E-state index in [1.54, 1.807) is 19.4 Å². The van der Waals surface area contributed by atoms with Crippen molar-refractivity contribution >= 4 is 22.7 Å². The molecule has 0 spiro atoms. The number of nitrogens with zero attached hydrogens (tertiary/aromatic N) is 2. The molecule has 2 amide bonds. The van der Waals surface area contributed by atoms with Crippen LogP contribution in [0, 0.1) is 17.2 Å². The summed E-state index contributed by atoms with van der Waals surface area (Å²) in [4.78, 5) is 33.8. The van der Waals surface area contributed by atoms with Gasteiger partial charge in [0.05, 0.1) is 13.2 Å². The molecule has 0 bridgehead atoms. The number of benzene rings is 1. The predicted molar refractivity (Wildman–Crippen MR) is 122 cm³/mol. The first kappa shape index (κ1) is 21.0. The molecule has 2 heterocycles. The van der Waals surface area contributed by atoms with Gasteiger partial charge < -0.3 is 20.4 Å². The summed E-state index contributed by atoms with van der Waals surface area (Å²) >= 11 is 0. The van der Waals surface area contributed by atoms with Crippen LogP contribution in [0.5, 0.6) is 5.75 Å². The van der Waals surface area contributed by atoms with Crippen LogP contribution in [0.2, 0.25) is 0 Å². The number of rotatable bonds is 7. The Bertz CT molecular complexity index is 1250. The lowest BCUT2D eigenvalue weighted by Gasteiger charge is -2.26. The van der Waals surface area contributed by atoms with Crippen LogP contribution >= 0.6 is 0 Å². The molecular weight excluding hydrogens is 418 g/mol.